The Kier molecular flexibility index (Phi) is 8.23. The molecule has 0 heterocycles. The number of hydrogen-bond donors (Lipinski definition) is 0. The first-order valence-electron chi connectivity index (χ1n) is 19.5. The average Bonchev–Trinajstić information content (AvgIpc) is 3.50. The molecular weight excluding hydrogens is 675 g/mol. The Bertz CT molecular complexity index is 2830. The SMILES string of the molecule is CC1(C)c2ccc(-c3ccccc3)cc2-c2cc(-c3ccccc3)cc(N(c3ccc(-c4ccccc4)cc3)c3ccc(-c4cccc5ccccc45)cc3)c21. The van der Waals surface area contributed by atoms with Crippen molar-refractivity contribution in [2.45, 2.75) is 19.3 Å². The van der Waals surface area contributed by atoms with Gasteiger partial charge in [-0.1, -0.05) is 184 Å². The second-order valence-electron chi connectivity index (χ2n) is 15.4. The monoisotopic (exact) mass is 715 g/mol. The van der Waals surface area contributed by atoms with Crippen LogP contribution in [0.2, 0.25) is 0 Å². The molecule has 266 valence electrons. The lowest BCUT2D eigenvalue weighted by molar-refractivity contribution is 0.661. The number of rotatable bonds is 7. The molecule has 10 rings (SSSR count). The van der Waals surface area contributed by atoms with E-state index in [1.165, 1.54) is 83.2 Å². The van der Waals surface area contributed by atoms with Crippen LogP contribution in [0.3, 0.4) is 0 Å². The van der Waals surface area contributed by atoms with Gasteiger partial charge in [-0.2, -0.15) is 0 Å². The summed E-state index contributed by atoms with van der Waals surface area (Å²) >= 11 is 0. The molecule has 9 aromatic carbocycles. The highest BCUT2D eigenvalue weighted by Crippen LogP contribution is 2.56. The zero-order chi connectivity index (χ0) is 37.6. The first-order valence-corrected chi connectivity index (χ1v) is 19.5. The van der Waals surface area contributed by atoms with Gasteiger partial charge in [0.05, 0.1) is 5.69 Å². The van der Waals surface area contributed by atoms with Gasteiger partial charge in [-0.3, -0.25) is 0 Å². The van der Waals surface area contributed by atoms with Crippen molar-refractivity contribution >= 4 is 27.8 Å². The van der Waals surface area contributed by atoms with Gasteiger partial charge in [-0.15, -0.1) is 0 Å². The summed E-state index contributed by atoms with van der Waals surface area (Å²) in [5.41, 5.74) is 18.2. The van der Waals surface area contributed by atoms with E-state index in [4.69, 9.17) is 0 Å². The third kappa shape index (κ3) is 5.81. The Morgan fingerprint density at radius 3 is 1.46 bits per heavy atom. The molecule has 9 aromatic rings. The van der Waals surface area contributed by atoms with E-state index < -0.39 is 0 Å². The highest BCUT2D eigenvalue weighted by atomic mass is 15.1. The van der Waals surface area contributed by atoms with Crippen LogP contribution in [-0.2, 0) is 5.41 Å². The van der Waals surface area contributed by atoms with Crippen molar-refractivity contribution in [3.8, 4) is 55.6 Å². The van der Waals surface area contributed by atoms with Gasteiger partial charge in [0, 0.05) is 16.8 Å². The van der Waals surface area contributed by atoms with Gasteiger partial charge < -0.3 is 4.90 Å². The second kappa shape index (κ2) is 13.7. The Morgan fingerprint density at radius 1 is 0.339 bits per heavy atom. The van der Waals surface area contributed by atoms with E-state index >= 15 is 0 Å². The minimum Gasteiger partial charge on any atom is -0.310 e. The first-order chi connectivity index (χ1) is 27.5. The van der Waals surface area contributed by atoms with E-state index in [0.29, 0.717) is 0 Å². The van der Waals surface area contributed by atoms with Crippen molar-refractivity contribution in [3.05, 3.63) is 223 Å². The van der Waals surface area contributed by atoms with Crippen molar-refractivity contribution in [2.24, 2.45) is 0 Å². The lowest BCUT2D eigenvalue weighted by Gasteiger charge is -2.33. The Balaban J connectivity index is 1.20. The zero-order valence-corrected chi connectivity index (χ0v) is 31.7. The van der Waals surface area contributed by atoms with E-state index in [9.17, 15) is 0 Å². The van der Waals surface area contributed by atoms with Crippen molar-refractivity contribution in [2.75, 3.05) is 4.90 Å². The summed E-state index contributed by atoms with van der Waals surface area (Å²) in [7, 11) is 0. The fourth-order valence-corrected chi connectivity index (χ4v) is 8.85. The van der Waals surface area contributed by atoms with Crippen molar-refractivity contribution in [1.82, 2.24) is 0 Å². The molecule has 0 unspecified atom stereocenters. The molecule has 1 aliphatic carbocycles. The van der Waals surface area contributed by atoms with Gasteiger partial charge in [0.1, 0.15) is 0 Å². The van der Waals surface area contributed by atoms with E-state index in [1.54, 1.807) is 0 Å². The minimum absolute atomic E-state index is 0.254. The summed E-state index contributed by atoms with van der Waals surface area (Å²) in [6.45, 7) is 4.79. The van der Waals surface area contributed by atoms with E-state index in [-0.39, 0.29) is 5.41 Å². The highest BCUT2D eigenvalue weighted by Gasteiger charge is 2.40. The molecule has 0 N–H and O–H groups in total. The molecule has 1 heteroatoms. The molecule has 0 fully saturated rings. The summed E-state index contributed by atoms with van der Waals surface area (Å²) in [4.78, 5) is 2.48. The van der Waals surface area contributed by atoms with Crippen LogP contribution >= 0.6 is 0 Å². The fourth-order valence-electron chi connectivity index (χ4n) is 8.85. The maximum atomic E-state index is 2.48. The summed E-state index contributed by atoms with van der Waals surface area (Å²) in [6.07, 6.45) is 0. The van der Waals surface area contributed by atoms with Crippen LogP contribution in [-0.4, -0.2) is 0 Å². The van der Waals surface area contributed by atoms with Crippen LogP contribution < -0.4 is 4.90 Å². The molecule has 1 aliphatic rings. The third-order valence-electron chi connectivity index (χ3n) is 11.6. The number of nitrogens with zero attached hydrogens (tertiary/aromatic N) is 1. The van der Waals surface area contributed by atoms with Crippen LogP contribution in [0.4, 0.5) is 17.1 Å². The number of hydrogen-bond acceptors (Lipinski definition) is 1. The summed E-state index contributed by atoms with van der Waals surface area (Å²) in [5.74, 6) is 0. The molecule has 0 saturated carbocycles. The minimum atomic E-state index is -0.254. The number of fused-ring (bicyclic) bond motifs is 4. The van der Waals surface area contributed by atoms with Crippen LogP contribution in [0.5, 0.6) is 0 Å². The standard InChI is InChI=1S/C55H41N/c1-55(2)52-34-29-44(39-17-8-4-9-18-39)35-50(52)51-36-45(40-19-10-5-11-20-40)37-53(54(51)55)56(46-30-25-41(26-31-46)38-15-6-3-7-16-38)47-32-27-43(28-33-47)49-24-14-22-42-21-12-13-23-48(42)49/h3-37H,1-2H3. The highest BCUT2D eigenvalue weighted by molar-refractivity contribution is 5.98. The zero-order valence-electron chi connectivity index (χ0n) is 31.7. The van der Waals surface area contributed by atoms with Gasteiger partial charge in [-0.05, 0) is 120 Å². The Hall–Kier alpha value is -6.96. The van der Waals surface area contributed by atoms with Gasteiger partial charge >= 0.3 is 0 Å². The molecule has 1 nitrogen and oxygen atoms in total. The molecule has 0 atom stereocenters. The summed E-state index contributed by atoms with van der Waals surface area (Å²) in [6, 6.07) is 77.6. The van der Waals surface area contributed by atoms with E-state index in [2.05, 4.69) is 231 Å². The van der Waals surface area contributed by atoms with E-state index in [1.807, 2.05) is 0 Å². The maximum absolute atomic E-state index is 2.48. The van der Waals surface area contributed by atoms with Crippen molar-refractivity contribution in [1.29, 1.82) is 0 Å². The molecule has 0 aromatic heterocycles. The summed E-state index contributed by atoms with van der Waals surface area (Å²) in [5, 5.41) is 2.51. The van der Waals surface area contributed by atoms with E-state index in [0.717, 1.165) is 11.4 Å². The predicted molar refractivity (Wildman–Crippen MR) is 238 cm³/mol. The molecule has 0 radical (unpaired) electrons. The van der Waals surface area contributed by atoms with Gasteiger partial charge in [0.2, 0.25) is 0 Å². The lowest BCUT2D eigenvalue weighted by Crippen LogP contribution is -2.21. The Morgan fingerprint density at radius 2 is 0.821 bits per heavy atom. The predicted octanol–water partition coefficient (Wildman–Crippen LogP) is 15.3. The van der Waals surface area contributed by atoms with Crippen molar-refractivity contribution in [3.63, 3.8) is 0 Å². The van der Waals surface area contributed by atoms with Crippen LogP contribution in [0.1, 0.15) is 25.0 Å². The third-order valence-corrected chi connectivity index (χ3v) is 11.6. The lowest BCUT2D eigenvalue weighted by atomic mass is 9.80. The van der Waals surface area contributed by atoms with Crippen LogP contribution in [0, 0.1) is 0 Å². The van der Waals surface area contributed by atoms with Crippen LogP contribution in [0.15, 0.2) is 212 Å². The fraction of sp³-hybridized carbons (Fsp3) is 0.0545. The molecular formula is C55H41N. The first kappa shape index (κ1) is 33.6. The topological polar surface area (TPSA) is 3.24 Å². The van der Waals surface area contributed by atoms with Gasteiger partial charge in [0.15, 0.2) is 0 Å². The number of benzene rings is 9. The average molecular weight is 716 g/mol. The van der Waals surface area contributed by atoms with Gasteiger partial charge in [0.25, 0.3) is 0 Å². The largest absolute Gasteiger partial charge is 0.310 e. The molecule has 0 bridgehead atoms. The summed E-state index contributed by atoms with van der Waals surface area (Å²) < 4.78 is 0. The smallest absolute Gasteiger partial charge is 0.0514 e. The normalized spacial score (nSPS) is 12.6. The maximum Gasteiger partial charge on any atom is 0.0514 e. The molecule has 56 heavy (non-hydrogen) atoms. The van der Waals surface area contributed by atoms with Crippen LogP contribution in [0.25, 0.3) is 66.4 Å². The van der Waals surface area contributed by atoms with Crippen molar-refractivity contribution < 1.29 is 0 Å². The number of anilines is 3. The van der Waals surface area contributed by atoms with Gasteiger partial charge in [-0.25, -0.2) is 0 Å². The molecule has 0 saturated heterocycles. The second-order valence-corrected chi connectivity index (χ2v) is 15.4. The Labute approximate surface area is 329 Å². The molecule has 0 spiro atoms. The molecule has 0 amide bonds. The molecule has 0 aliphatic heterocycles. The quantitative estimate of drug-likeness (QED) is 0.159.